The second-order valence-electron chi connectivity index (χ2n) is 9.95. The van der Waals surface area contributed by atoms with E-state index < -0.39 is 0 Å². The Kier molecular flexibility index (Phi) is 4.96. The summed E-state index contributed by atoms with van der Waals surface area (Å²) in [5.74, 6) is -0.00116. The second-order valence-corrected chi connectivity index (χ2v) is 9.95. The van der Waals surface area contributed by atoms with Crippen LogP contribution in [0, 0.1) is 35.5 Å². The van der Waals surface area contributed by atoms with Crippen LogP contribution in [0.3, 0.4) is 0 Å². The van der Waals surface area contributed by atoms with Gasteiger partial charge in [-0.15, -0.1) is 0 Å². The maximum atomic E-state index is 13.4. The fourth-order valence-electron chi connectivity index (χ4n) is 6.48. The first-order valence-electron chi connectivity index (χ1n) is 11.0. The molecule has 1 heterocycles. The van der Waals surface area contributed by atoms with Gasteiger partial charge in [0.2, 0.25) is 0 Å². The van der Waals surface area contributed by atoms with Crippen LogP contribution >= 0.6 is 0 Å². The molecule has 4 heteroatoms. The van der Waals surface area contributed by atoms with Crippen molar-refractivity contribution in [3.8, 4) is 0 Å². The SMILES string of the molecule is C=C(C)C(=C)CCC1C2CC3C1OC(=O)C3C2C(=O)OC1(C(C)C)CCCC1. The first-order valence-corrected chi connectivity index (χ1v) is 11.0. The fourth-order valence-corrected chi connectivity index (χ4v) is 6.48. The lowest BCUT2D eigenvalue weighted by atomic mass is 9.72. The summed E-state index contributed by atoms with van der Waals surface area (Å²) in [4.78, 5) is 26.0. The predicted octanol–water partition coefficient (Wildman–Crippen LogP) is 4.83. The van der Waals surface area contributed by atoms with Crippen molar-refractivity contribution in [2.24, 2.45) is 35.5 Å². The number of fused-ring (bicyclic) bond motifs is 1. The highest BCUT2D eigenvalue weighted by molar-refractivity contribution is 5.86. The number of carbonyl (C=O) groups is 2. The fraction of sp³-hybridized carbons (Fsp3) is 0.750. The highest BCUT2D eigenvalue weighted by atomic mass is 16.6. The van der Waals surface area contributed by atoms with Gasteiger partial charge >= 0.3 is 11.9 Å². The molecule has 0 N–H and O–H groups in total. The predicted molar refractivity (Wildman–Crippen MR) is 107 cm³/mol. The molecule has 0 amide bonds. The molecule has 4 aliphatic rings. The van der Waals surface area contributed by atoms with Crippen molar-refractivity contribution in [1.82, 2.24) is 0 Å². The minimum atomic E-state index is -0.343. The molecule has 3 saturated carbocycles. The highest BCUT2D eigenvalue weighted by Gasteiger charge is 2.68. The summed E-state index contributed by atoms with van der Waals surface area (Å²) in [5.41, 5.74) is 1.71. The van der Waals surface area contributed by atoms with E-state index in [4.69, 9.17) is 9.47 Å². The summed E-state index contributed by atoms with van der Waals surface area (Å²) < 4.78 is 12.0. The molecular formula is C24H34O4. The lowest BCUT2D eigenvalue weighted by molar-refractivity contribution is -0.174. The number of hydrogen-bond donors (Lipinski definition) is 0. The Labute approximate surface area is 168 Å². The molecule has 0 aromatic heterocycles. The van der Waals surface area contributed by atoms with Crippen molar-refractivity contribution in [3.05, 3.63) is 24.3 Å². The van der Waals surface area contributed by atoms with Gasteiger partial charge in [0, 0.05) is 11.8 Å². The van der Waals surface area contributed by atoms with Crippen molar-refractivity contribution >= 4 is 11.9 Å². The maximum Gasteiger partial charge on any atom is 0.310 e. The zero-order chi connectivity index (χ0) is 20.2. The van der Waals surface area contributed by atoms with Gasteiger partial charge in [-0.05, 0) is 63.7 Å². The quantitative estimate of drug-likeness (QED) is 0.464. The normalized spacial score (nSPS) is 37.4. The van der Waals surface area contributed by atoms with E-state index in [1.54, 1.807) is 0 Å². The lowest BCUT2D eigenvalue weighted by Crippen LogP contribution is -2.44. The number of hydrogen-bond acceptors (Lipinski definition) is 4. The van der Waals surface area contributed by atoms with Crippen LogP contribution in [0.25, 0.3) is 0 Å². The van der Waals surface area contributed by atoms with E-state index in [1.807, 2.05) is 6.92 Å². The van der Waals surface area contributed by atoms with Gasteiger partial charge in [-0.25, -0.2) is 0 Å². The Balaban J connectivity index is 1.52. The van der Waals surface area contributed by atoms with E-state index in [9.17, 15) is 9.59 Å². The number of allylic oxidation sites excluding steroid dienone is 2. The zero-order valence-corrected chi connectivity index (χ0v) is 17.5. The molecule has 0 radical (unpaired) electrons. The minimum absolute atomic E-state index is 0.0185. The molecule has 6 unspecified atom stereocenters. The summed E-state index contributed by atoms with van der Waals surface area (Å²) in [6.45, 7) is 14.3. The van der Waals surface area contributed by atoms with Crippen LogP contribution in [0.2, 0.25) is 0 Å². The number of esters is 2. The van der Waals surface area contributed by atoms with E-state index >= 15 is 0 Å². The van der Waals surface area contributed by atoms with E-state index in [0.29, 0.717) is 5.92 Å². The van der Waals surface area contributed by atoms with Crippen LogP contribution in [0.4, 0.5) is 0 Å². The highest BCUT2D eigenvalue weighted by Crippen LogP contribution is 2.62. The molecule has 0 aromatic rings. The molecule has 28 heavy (non-hydrogen) atoms. The summed E-state index contributed by atoms with van der Waals surface area (Å²) >= 11 is 0. The molecule has 4 fully saturated rings. The molecule has 1 aliphatic heterocycles. The second kappa shape index (κ2) is 7.03. The molecular weight excluding hydrogens is 352 g/mol. The lowest BCUT2D eigenvalue weighted by Gasteiger charge is -2.37. The van der Waals surface area contributed by atoms with Crippen molar-refractivity contribution in [2.45, 2.75) is 77.4 Å². The molecule has 4 rings (SSSR count). The monoisotopic (exact) mass is 386 g/mol. The van der Waals surface area contributed by atoms with Crippen molar-refractivity contribution in [1.29, 1.82) is 0 Å². The standard InChI is InChI=1S/C24H34O4/c1-13(2)15(5)8-9-16-17-12-18-20(22(25)27-21(16)18)19(17)23(26)28-24(14(3)4)10-6-7-11-24/h14,16-21H,1,5-12H2,2-4H3. The third kappa shape index (κ3) is 2.95. The maximum absolute atomic E-state index is 13.4. The molecule has 0 aromatic carbocycles. The van der Waals surface area contributed by atoms with Crippen LogP contribution in [0.15, 0.2) is 24.3 Å². The van der Waals surface area contributed by atoms with Crippen molar-refractivity contribution < 1.29 is 19.1 Å². The third-order valence-electron chi connectivity index (χ3n) is 8.23. The van der Waals surface area contributed by atoms with Crippen LogP contribution in [0.5, 0.6) is 0 Å². The van der Waals surface area contributed by atoms with Crippen LogP contribution in [-0.4, -0.2) is 23.6 Å². The molecule has 2 bridgehead atoms. The average Bonchev–Trinajstić information content (AvgIpc) is 3.36. The van der Waals surface area contributed by atoms with E-state index in [-0.39, 0.29) is 53.2 Å². The van der Waals surface area contributed by atoms with Gasteiger partial charge in [0.15, 0.2) is 0 Å². The van der Waals surface area contributed by atoms with Crippen LogP contribution in [-0.2, 0) is 19.1 Å². The van der Waals surface area contributed by atoms with Crippen LogP contribution < -0.4 is 0 Å². The summed E-state index contributed by atoms with van der Waals surface area (Å²) in [7, 11) is 0. The van der Waals surface area contributed by atoms with Gasteiger partial charge in [-0.1, -0.05) is 38.2 Å². The Bertz CT molecular complexity index is 699. The number of ether oxygens (including phenoxy) is 2. The number of rotatable bonds is 7. The van der Waals surface area contributed by atoms with Crippen molar-refractivity contribution in [3.63, 3.8) is 0 Å². The molecule has 0 spiro atoms. The first-order chi connectivity index (χ1) is 13.2. The Morgan fingerprint density at radius 3 is 2.54 bits per heavy atom. The van der Waals surface area contributed by atoms with E-state index in [0.717, 1.165) is 56.1 Å². The molecule has 1 saturated heterocycles. The van der Waals surface area contributed by atoms with Gasteiger partial charge in [0.05, 0.1) is 11.8 Å². The molecule has 4 nitrogen and oxygen atoms in total. The summed E-state index contributed by atoms with van der Waals surface area (Å²) in [5, 5.41) is 0. The van der Waals surface area contributed by atoms with E-state index in [2.05, 4.69) is 27.0 Å². The smallest absolute Gasteiger partial charge is 0.310 e. The first kappa shape index (κ1) is 19.7. The molecule has 6 atom stereocenters. The Morgan fingerprint density at radius 1 is 1.25 bits per heavy atom. The van der Waals surface area contributed by atoms with Gasteiger partial charge < -0.3 is 9.47 Å². The molecule has 3 aliphatic carbocycles. The van der Waals surface area contributed by atoms with Gasteiger partial charge in [-0.3, -0.25) is 9.59 Å². The zero-order valence-electron chi connectivity index (χ0n) is 17.5. The number of carbonyl (C=O) groups excluding carboxylic acids is 2. The largest absolute Gasteiger partial charge is 0.461 e. The topological polar surface area (TPSA) is 52.6 Å². The Hall–Kier alpha value is -1.58. The molecule has 154 valence electrons. The Morgan fingerprint density at radius 2 is 1.93 bits per heavy atom. The van der Waals surface area contributed by atoms with E-state index in [1.165, 1.54) is 0 Å². The summed E-state index contributed by atoms with van der Waals surface area (Å²) in [6.07, 6.45) is 6.75. The van der Waals surface area contributed by atoms with Gasteiger partial charge in [0.25, 0.3) is 0 Å². The third-order valence-corrected chi connectivity index (χ3v) is 8.23. The van der Waals surface area contributed by atoms with Gasteiger partial charge in [-0.2, -0.15) is 0 Å². The summed E-state index contributed by atoms with van der Waals surface area (Å²) in [6, 6.07) is 0. The van der Waals surface area contributed by atoms with Crippen LogP contribution in [0.1, 0.15) is 65.7 Å². The van der Waals surface area contributed by atoms with Crippen molar-refractivity contribution in [2.75, 3.05) is 0 Å². The average molecular weight is 387 g/mol. The minimum Gasteiger partial charge on any atom is -0.461 e. The van der Waals surface area contributed by atoms with Gasteiger partial charge in [0.1, 0.15) is 11.7 Å².